The van der Waals surface area contributed by atoms with Crippen LogP contribution in [0.3, 0.4) is 0 Å². The van der Waals surface area contributed by atoms with E-state index in [0.29, 0.717) is 11.8 Å². The second-order valence-electron chi connectivity index (χ2n) is 8.64. The molecule has 1 fully saturated rings. The zero-order valence-corrected chi connectivity index (χ0v) is 18.7. The van der Waals surface area contributed by atoms with Gasteiger partial charge in [0.2, 0.25) is 5.95 Å². The van der Waals surface area contributed by atoms with Crippen LogP contribution in [-0.2, 0) is 0 Å². The predicted molar refractivity (Wildman–Crippen MR) is 135 cm³/mol. The summed E-state index contributed by atoms with van der Waals surface area (Å²) in [6.07, 6.45) is 7.50. The van der Waals surface area contributed by atoms with E-state index in [-0.39, 0.29) is 17.6 Å². The van der Waals surface area contributed by atoms with E-state index in [1.165, 1.54) is 6.20 Å². The Balaban J connectivity index is 1.43. The van der Waals surface area contributed by atoms with Crippen LogP contribution in [0.1, 0.15) is 36.0 Å². The highest BCUT2D eigenvalue weighted by atomic mass is 16.1. The summed E-state index contributed by atoms with van der Waals surface area (Å²) in [6, 6.07) is 18.1. The number of para-hydroxylation sites is 1. The van der Waals surface area contributed by atoms with Gasteiger partial charge in [0, 0.05) is 41.1 Å². The first-order chi connectivity index (χ1) is 16.6. The standard InChI is InChI=1S/C26H27N7O/c27-21-9-2-4-11-23(21)32-26-30-15-20(24(28)34)25(33-26)31-19-8-5-7-16(13-19)18-12-17-6-1-3-10-22(17)29-14-18/h1,3,5-8,10,12-15,21,23H,2,4,9,11,27H2,(H2,28,34)(H2,30,31,32,33)/t21-,23+/m0/s1. The van der Waals surface area contributed by atoms with Gasteiger partial charge in [-0.05, 0) is 42.7 Å². The maximum absolute atomic E-state index is 12.0. The minimum absolute atomic E-state index is 0.0526. The molecular formula is C26H27N7O. The average Bonchev–Trinajstić information content (AvgIpc) is 2.85. The summed E-state index contributed by atoms with van der Waals surface area (Å²) in [5, 5.41) is 7.65. The third kappa shape index (κ3) is 4.67. The molecule has 34 heavy (non-hydrogen) atoms. The SMILES string of the molecule is NC(=O)c1cnc(N[C@@H]2CCCC[C@@H]2N)nc1Nc1cccc(-c2cnc3ccccc3c2)c1. The third-order valence-corrected chi connectivity index (χ3v) is 6.24. The average molecular weight is 454 g/mol. The van der Waals surface area contributed by atoms with Gasteiger partial charge in [0.05, 0.1) is 5.52 Å². The van der Waals surface area contributed by atoms with Crippen LogP contribution in [0.15, 0.2) is 67.0 Å². The van der Waals surface area contributed by atoms with E-state index in [1.807, 2.05) is 54.7 Å². The molecule has 1 amide bonds. The number of rotatable bonds is 6. The summed E-state index contributed by atoms with van der Waals surface area (Å²) >= 11 is 0. The van der Waals surface area contributed by atoms with Crippen molar-refractivity contribution in [1.29, 1.82) is 0 Å². The Morgan fingerprint density at radius 1 is 0.941 bits per heavy atom. The van der Waals surface area contributed by atoms with Gasteiger partial charge >= 0.3 is 0 Å². The van der Waals surface area contributed by atoms with Gasteiger partial charge in [-0.15, -0.1) is 0 Å². The van der Waals surface area contributed by atoms with Crippen molar-refractivity contribution in [2.45, 2.75) is 37.8 Å². The molecule has 172 valence electrons. The molecule has 2 aromatic carbocycles. The van der Waals surface area contributed by atoms with Crippen LogP contribution in [0.2, 0.25) is 0 Å². The molecule has 6 N–H and O–H groups in total. The normalized spacial score (nSPS) is 17.9. The van der Waals surface area contributed by atoms with Gasteiger partial charge in [-0.2, -0.15) is 4.98 Å². The van der Waals surface area contributed by atoms with Crippen LogP contribution in [0.4, 0.5) is 17.5 Å². The molecule has 2 aromatic heterocycles. The van der Waals surface area contributed by atoms with Crippen LogP contribution < -0.4 is 22.1 Å². The first-order valence-electron chi connectivity index (χ1n) is 11.5. The molecule has 1 aliphatic carbocycles. The zero-order valence-electron chi connectivity index (χ0n) is 18.7. The number of fused-ring (bicyclic) bond motifs is 1. The number of carbonyl (C=O) groups is 1. The monoisotopic (exact) mass is 453 g/mol. The number of nitrogens with one attached hydrogen (secondary N) is 2. The maximum atomic E-state index is 12.0. The quantitative estimate of drug-likeness (QED) is 0.344. The number of benzene rings is 2. The van der Waals surface area contributed by atoms with Crippen LogP contribution in [0, 0.1) is 0 Å². The second kappa shape index (κ2) is 9.44. The van der Waals surface area contributed by atoms with E-state index < -0.39 is 5.91 Å². The number of pyridine rings is 1. The van der Waals surface area contributed by atoms with Crippen molar-refractivity contribution in [2.75, 3.05) is 10.6 Å². The molecule has 4 aromatic rings. The summed E-state index contributed by atoms with van der Waals surface area (Å²) < 4.78 is 0. The van der Waals surface area contributed by atoms with E-state index in [0.717, 1.165) is 53.4 Å². The molecule has 2 heterocycles. The Kier molecular flexibility index (Phi) is 6.05. The number of anilines is 3. The smallest absolute Gasteiger partial charge is 0.254 e. The summed E-state index contributed by atoms with van der Waals surface area (Å²) in [6.45, 7) is 0. The van der Waals surface area contributed by atoms with E-state index in [2.05, 4.69) is 31.7 Å². The molecule has 2 atom stereocenters. The number of primary amides is 1. The van der Waals surface area contributed by atoms with E-state index in [1.54, 1.807) is 0 Å². The zero-order chi connectivity index (χ0) is 23.5. The van der Waals surface area contributed by atoms with Gasteiger partial charge in [0.25, 0.3) is 5.91 Å². The van der Waals surface area contributed by atoms with Crippen LogP contribution in [0.25, 0.3) is 22.0 Å². The first kappa shape index (κ1) is 21.8. The molecule has 8 heteroatoms. The predicted octanol–water partition coefficient (Wildman–Crippen LogP) is 4.22. The number of amides is 1. The highest BCUT2D eigenvalue weighted by Crippen LogP contribution is 2.28. The lowest BCUT2D eigenvalue weighted by molar-refractivity contribution is 0.100. The molecule has 1 saturated carbocycles. The Bertz CT molecular complexity index is 1340. The van der Waals surface area contributed by atoms with Crippen molar-refractivity contribution in [3.8, 4) is 11.1 Å². The lowest BCUT2D eigenvalue weighted by Crippen LogP contribution is -2.43. The van der Waals surface area contributed by atoms with Crippen LogP contribution in [-0.4, -0.2) is 32.9 Å². The maximum Gasteiger partial charge on any atom is 0.254 e. The number of aromatic nitrogens is 3. The molecule has 8 nitrogen and oxygen atoms in total. The Hall–Kier alpha value is -4.04. The lowest BCUT2D eigenvalue weighted by Gasteiger charge is -2.29. The number of hydrogen-bond acceptors (Lipinski definition) is 7. The minimum Gasteiger partial charge on any atom is -0.365 e. The first-order valence-corrected chi connectivity index (χ1v) is 11.5. The van der Waals surface area contributed by atoms with Crippen molar-refractivity contribution >= 4 is 34.3 Å². The summed E-state index contributed by atoms with van der Waals surface area (Å²) in [5.74, 6) is 0.172. The van der Waals surface area contributed by atoms with E-state index in [4.69, 9.17) is 11.5 Å². The molecule has 5 rings (SSSR count). The number of hydrogen-bond donors (Lipinski definition) is 4. The third-order valence-electron chi connectivity index (χ3n) is 6.24. The second-order valence-corrected chi connectivity index (χ2v) is 8.64. The highest BCUT2D eigenvalue weighted by Gasteiger charge is 2.23. The van der Waals surface area contributed by atoms with E-state index in [9.17, 15) is 4.79 Å². The fraction of sp³-hybridized carbons (Fsp3) is 0.231. The van der Waals surface area contributed by atoms with Gasteiger partial charge in [0.15, 0.2) is 0 Å². The van der Waals surface area contributed by atoms with Crippen molar-refractivity contribution in [3.63, 3.8) is 0 Å². The Morgan fingerprint density at radius 3 is 2.65 bits per heavy atom. The van der Waals surface area contributed by atoms with Gasteiger partial charge in [-0.3, -0.25) is 9.78 Å². The fourth-order valence-corrected chi connectivity index (χ4v) is 4.37. The Labute approximate surface area is 197 Å². The number of carbonyl (C=O) groups excluding carboxylic acids is 1. The summed E-state index contributed by atoms with van der Waals surface area (Å²) in [4.78, 5) is 25.4. The van der Waals surface area contributed by atoms with Crippen LogP contribution in [0.5, 0.6) is 0 Å². The molecular weight excluding hydrogens is 426 g/mol. The molecule has 0 saturated heterocycles. The fourth-order valence-electron chi connectivity index (χ4n) is 4.37. The van der Waals surface area contributed by atoms with Gasteiger partial charge in [-0.1, -0.05) is 43.2 Å². The van der Waals surface area contributed by atoms with Crippen molar-refractivity contribution in [3.05, 3.63) is 72.6 Å². The van der Waals surface area contributed by atoms with Crippen molar-refractivity contribution in [1.82, 2.24) is 15.0 Å². The molecule has 0 bridgehead atoms. The largest absolute Gasteiger partial charge is 0.365 e. The molecule has 0 unspecified atom stereocenters. The molecule has 0 aliphatic heterocycles. The number of nitrogens with two attached hydrogens (primary N) is 2. The van der Waals surface area contributed by atoms with Gasteiger partial charge in [0.1, 0.15) is 11.4 Å². The topological polar surface area (TPSA) is 132 Å². The van der Waals surface area contributed by atoms with Crippen molar-refractivity contribution < 1.29 is 4.79 Å². The molecule has 0 spiro atoms. The lowest BCUT2D eigenvalue weighted by atomic mass is 9.91. The highest BCUT2D eigenvalue weighted by molar-refractivity contribution is 5.98. The van der Waals surface area contributed by atoms with Crippen LogP contribution >= 0.6 is 0 Å². The van der Waals surface area contributed by atoms with E-state index >= 15 is 0 Å². The summed E-state index contributed by atoms with van der Waals surface area (Å²) in [5.41, 5.74) is 15.8. The van der Waals surface area contributed by atoms with Crippen molar-refractivity contribution in [2.24, 2.45) is 11.5 Å². The Morgan fingerprint density at radius 2 is 1.79 bits per heavy atom. The summed E-state index contributed by atoms with van der Waals surface area (Å²) in [7, 11) is 0. The number of nitrogens with zero attached hydrogens (tertiary/aromatic N) is 3. The van der Waals surface area contributed by atoms with Gasteiger partial charge in [-0.25, -0.2) is 4.98 Å². The minimum atomic E-state index is -0.599. The van der Waals surface area contributed by atoms with Gasteiger partial charge < -0.3 is 22.1 Å². The molecule has 1 aliphatic rings. The molecule has 0 radical (unpaired) electrons.